The highest BCUT2D eigenvalue weighted by atomic mass is 19.4. The third-order valence-electron chi connectivity index (χ3n) is 3.83. The van der Waals surface area contributed by atoms with Crippen LogP contribution in [-0.4, -0.2) is 35.2 Å². The van der Waals surface area contributed by atoms with E-state index in [1.165, 1.54) is 17.2 Å². The lowest BCUT2D eigenvalue weighted by atomic mass is 10.00. The molecule has 0 radical (unpaired) electrons. The number of carbonyl (C=O) groups is 1. The minimum Gasteiger partial charge on any atom is -0.359 e. The second-order valence-corrected chi connectivity index (χ2v) is 5.71. The van der Waals surface area contributed by atoms with Crippen molar-refractivity contribution in [3.05, 3.63) is 52.9 Å². The molecule has 2 heterocycles. The number of hydrogen-bond acceptors (Lipinski definition) is 4. The zero-order chi connectivity index (χ0) is 17.2. The van der Waals surface area contributed by atoms with Gasteiger partial charge in [0.1, 0.15) is 6.54 Å². The normalized spacial score (nSPS) is 15.1. The molecular formula is C16H16F3N3O2. The predicted molar refractivity (Wildman–Crippen MR) is 79.2 cm³/mol. The summed E-state index contributed by atoms with van der Waals surface area (Å²) in [4.78, 5) is 13.8. The molecule has 8 heteroatoms. The molecule has 0 unspecified atom stereocenters. The highest BCUT2D eigenvalue weighted by Crippen LogP contribution is 2.20. The third kappa shape index (κ3) is 4.14. The molecule has 3 rings (SSSR count). The van der Waals surface area contributed by atoms with E-state index < -0.39 is 18.6 Å². The first-order valence-corrected chi connectivity index (χ1v) is 7.50. The van der Waals surface area contributed by atoms with E-state index in [1.807, 2.05) is 12.1 Å². The van der Waals surface area contributed by atoms with Crippen LogP contribution in [0.2, 0.25) is 0 Å². The van der Waals surface area contributed by atoms with Crippen molar-refractivity contribution in [2.75, 3.05) is 13.1 Å². The van der Waals surface area contributed by atoms with Crippen LogP contribution in [0.1, 0.15) is 27.4 Å². The number of nitrogens with one attached hydrogen (secondary N) is 1. The second-order valence-electron chi connectivity index (χ2n) is 5.71. The van der Waals surface area contributed by atoms with Gasteiger partial charge in [-0.1, -0.05) is 29.4 Å². The lowest BCUT2D eigenvalue weighted by Gasteiger charge is -2.27. The Kier molecular flexibility index (Phi) is 4.57. The number of fused-ring (bicyclic) bond motifs is 1. The van der Waals surface area contributed by atoms with E-state index >= 15 is 0 Å². The molecule has 0 spiro atoms. The summed E-state index contributed by atoms with van der Waals surface area (Å²) in [6.07, 6.45) is -3.54. The molecule has 1 amide bonds. The smallest absolute Gasteiger partial charge is 0.359 e. The fourth-order valence-corrected chi connectivity index (χ4v) is 2.68. The van der Waals surface area contributed by atoms with Gasteiger partial charge in [0.2, 0.25) is 0 Å². The number of nitrogens with zero attached hydrogens (tertiary/aromatic N) is 2. The van der Waals surface area contributed by atoms with E-state index in [2.05, 4.69) is 22.2 Å². The molecule has 0 fully saturated rings. The fraction of sp³-hybridized carbons (Fsp3) is 0.375. The van der Waals surface area contributed by atoms with Crippen molar-refractivity contribution < 1.29 is 22.5 Å². The van der Waals surface area contributed by atoms with Gasteiger partial charge in [-0.25, -0.2) is 0 Å². The summed E-state index contributed by atoms with van der Waals surface area (Å²) < 4.78 is 41.4. The number of aromatic nitrogens is 1. The number of hydrogen-bond donors (Lipinski definition) is 1. The summed E-state index contributed by atoms with van der Waals surface area (Å²) >= 11 is 0. The summed E-state index contributed by atoms with van der Waals surface area (Å²) in [7, 11) is 0. The lowest BCUT2D eigenvalue weighted by Crippen LogP contribution is -2.33. The topological polar surface area (TPSA) is 58.4 Å². The average molecular weight is 339 g/mol. The first-order valence-electron chi connectivity index (χ1n) is 7.50. The predicted octanol–water partition coefficient (Wildman–Crippen LogP) is 2.53. The molecule has 0 bridgehead atoms. The van der Waals surface area contributed by atoms with E-state index in [0.717, 1.165) is 19.5 Å². The van der Waals surface area contributed by atoms with Crippen molar-refractivity contribution >= 4 is 5.91 Å². The number of alkyl halides is 3. The van der Waals surface area contributed by atoms with Gasteiger partial charge in [0.05, 0.1) is 6.54 Å². The van der Waals surface area contributed by atoms with Gasteiger partial charge < -0.3 is 9.84 Å². The molecule has 2 aromatic rings. The molecule has 1 aromatic heterocycles. The molecule has 5 nitrogen and oxygen atoms in total. The zero-order valence-corrected chi connectivity index (χ0v) is 12.8. The van der Waals surface area contributed by atoms with E-state index in [1.54, 1.807) is 5.32 Å². The van der Waals surface area contributed by atoms with Crippen molar-refractivity contribution in [2.24, 2.45) is 0 Å². The molecule has 0 atom stereocenters. The average Bonchev–Trinajstić information content (AvgIpc) is 3.00. The summed E-state index contributed by atoms with van der Waals surface area (Å²) in [5.41, 5.74) is 2.41. The van der Waals surface area contributed by atoms with Crippen LogP contribution in [0.15, 0.2) is 34.9 Å². The zero-order valence-electron chi connectivity index (χ0n) is 12.8. The molecule has 1 N–H and O–H groups in total. The number of rotatable bonds is 4. The number of halogens is 3. The van der Waals surface area contributed by atoms with Gasteiger partial charge in [0.15, 0.2) is 11.5 Å². The summed E-state index contributed by atoms with van der Waals surface area (Å²) in [6, 6.07) is 9.55. The van der Waals surface area contributed by atoms with Crippen molar-refractivity contribution in [1.29, 1.82) is 0 Å². The Morgan fingerprint density at radius 2 is 2.04 bits per heavy atom. The van der Waals surface area contributed by atoms with Crippen molar-refractivity contribution in [3.8, 4) is 0 Å². The number of benzene rings is 1. The molecule has 0 saturated heterocycles. The fourth-order valence-electron chi connectivity index (χ4n) is 2.68. The molecule has 1 aliphatic rings. The van der Waals surface area contributed by atoms with Gasteiger partial charge in [0, 0.05) is 19.2 Å². The SMILES string of the molecule is O=C(NCC(F)(F)F)c1cc(CN2CCc3ccccc3C2)on1. The van der Waals surface area contributed by atoms with Crippen LogP contribution in [0.3, 0.4) is 0 Å². The van der Waals surface area contributed by atoms with Crippen LogP contribution in [0.4, 0.5) is 13.2 Å². The molecule has 24 heavy (non-hydrogen) atoms. The van der Waals surface area contributed by atoms with Crippen LogP contribution < -0.4 is 5.32 Å². The third-order valence-corrected chi connectivity index (χ3v) is 3.83. The maximum absolute atomic E-state index is 12.1. The van der Waals surface area contributed by atoms with E-state index in [9.17, 15) is 18.0 Å². The molecule has 0 aliphatic carbocycles. The van der Waals surface area contributed by atoms with Gasteiger partial charge >= 0.3 is 6.18 Å². The van der Waals surface area contributed by atoms with Crippen molar-refractivity contribution in [2.45, 2.75) is 25.7 Å². The Labute approximate surface area is 136 Å². The second kappa shape index (κ2) is 6.64. The number of carbonyl (C=O) groups excluding carboxylic acids is 1. The minimum absolute atomic E-state index is 0.147. The summed E-state index contributed by atoms with van der Waals surface area (Å²) in [5, 5.41) is 5.31. The Hall–Kier alpha value is -2.35. The quantitative estimate of drug-likeness (QED) is 0.930. The first-order chi connectivity index (χ1) is 11.4. The van der Waals surface area contributed by atoms with Crippen LogP contribution in [0.25, 0.3) is 0 Å². The van der Waals surface area contributed by atoms with Gasteiger partial charge in [-0.2, -0.15) is 13.2 Å². The molecule has 1 aliphatic heterocycles. The van der Waals surface area contributed by atoms with Crippen LogP contribution in [0, 0.1) is 0 Å². The highest BCUT2D eigenvalue weighted by Gasteiger charge is 2.28. The Morgan fingerprint density at radius 3 is 2.79 bits per heavy atom. The van der Waals surface area contributed by atoms with E-state index in [4.69, 9.17) is 4.52 Å². The number of amides is 1. The van der Waals surface area contributed by atoms with Crippen LogP contribution in [-0.2, 0) is 19.5 Å². The van der Waals surface area contributed by atoms with E-state index in [0.29, 0.717) is 12.3 Å². The molecule has 128 valence electrons. The lowest BCUT2D eigenvalue weighted by molar-refractivity contribution is -0.123. The van der Waals surface area contributed by atoms with Crippen molar-refractivity contribution in [3.63, 3.8) is 0 Å². The first kappa shape index (κ1) is 16.5. The Morgan fingerprint density at radius 1 is 1.29 bits per heavy atom. The molecule has 0 saturated carbocycles. The Balaban J connectivity index is 1.58. The molecular weight excluding hydrogens is 323 g/mol. The van der Waals surface area contributed by atoms with Gasteiger partial charge in [-0.05, 0) is 17.5 Å². The maximum atomic E-state index is 12.1. The highest BCUT2D eigenvalue weighted by molar-refractivity contribution is 5.92. The van der Waals surface area contributed by atoms with Crippen molar-refractivity contribution in [1.82, 2.24) is 15.4 Å². The summed E-state index contributed by atoms with van der Waals surface area (Å²) in [6.45, 7) is 0.657. The Bertz CT molecular complexity index is 727. The standard InChI is InChI=1S/C16H16F3N3O2/c17-16(18,19)10-20-15(23)14-7-13(24-21-14)9-22-6-5-11-3-1-2-4-12(11)8-22/h1-4,7H,5-6,8-10H2,(H,20,23). The summed E-state index contributed by atoms with van der Waals surface area (Å²) in [5.74, 6) is -0.446. The maximum Gasteiger partial charge on any atom is 0.405 e. The monoisotopic (exact) mass is 339 g/mol. The van der Waals surface area contributed by atoms with Crippen LogP contribution in [0.5, 0.6) is 0 Å². The van der Waals surface area contributed by atoms with Gasteiger partial charge in [-0.15, -0.1) is 0 Å². The van der Waals surface area contributed by atoms with Gasteiger partial charge in [0.25, 0.3) is 5.91 Å². The largest absolute Gasteiger partial charge is 0.405 e. The van der Waals surface area contributed by atoms with E-state index in [-0.39, 0.29) is 5.69 Å². The minimum atomic E-state index is -4.45. The molecule has 1 aromatic carbocycles. The van der Waals surface area contributed by atoms with Gasteiger partial charge in [-0.3, -0.25) is 9.69 Å². The van der Waals surface area contributed by atoms with Crippen LogP contribution >= 0.6 is 0 Å².